The summed E-state index contributed by atoms with van der Waals surface area (Å²) in [6.07, 6.45) is 0. The van der Waals surface area contributed by atoms with E-state index in [4.69, 9.17) is 4.42 Å². The number of para-hydroxylation sites is 5. The largest absolute Gasteiger partial charge is 0.455 e. The smallest absolute Gasteiger partial charge is 0.143 e. The van der Waals surface area contributed by atoms with E-state index < -0.39 is 0 Å². The Morgan fingerprint density at radius 1 is 0.275 bits per heavy atom. The molecule has 13 aromatic rings. The van der Waals surface area contributed by atoms with Crippen molar-refractivity contribution in [1.29, 1.82) is 0 Å². The van der Waals surface area contributed by atoms with Crippen molar-refractivity contribution in [2.45, 2.75) is 0 Å². The maximum atomic E-state index is 6.50. The van der Waals surface area contributed by atoms with E-state index in [0.29, 0.717) is 0 Å². The standard InChI is InChI=1S/C66H44N2O/c1-2-19-45(20-3-1)52-25-4-5-26-53(52)47-21-16-23-50(43-47)67(49-41-39-46(40-42-49)55-33-18-34-61-60-32-11-15-38-65(60)69-66(55)61)51-24-17-22-48(44-51)54-27-6-7-28-56(54)57-29-8-12-35-62(57)68-63-36-13-9-30-58(63)59-31-10-14-37-64(59)68/h1-44H. The summed E-state index contributed by atoms with van der Waals surface area (Å²) in [5.41, 5.74) is 20.0. The molecule has 13 rings (SSSR count). The van der Waals surface area contributed by atoms with Crippen molar-refractivity contribution in [3.8, 4) is 61.3 Å². The minimum absolute atomic E-state index is 0.896. The van der Waals surface area contributed by atoms with Crippen LogP contribution in [0.25, 0.3) is 105 Å². The van der Waals surface area contributed by atoms with Gasteiger partial charge in [-0.3, -0.25) is 0 Å². The lowest BCUT2D eigenvalue weighted by atomic mass is 9.93. The Bertz CT molecular complexity index is 3970. The summed E-state index contributed by atoms with van der Waals surface area (Å²) < 4.78 is 8.93. The number of hydrogen-bond acceptors (Lipinski definition) is 2. The lowest BCUT2D eigenvalue weighted by molar-refractivity contribution is 0.670. The van der Waals surface area contributed by atoms with Gasteiger partial charge in [0.15, 0.2) is 0 Å². The molecule has 0 atom stereocenters. The van der Waals surface area contributed by atoms with Crippen molar-refractivity contribution in [1.82, 2.24) is 4.57 Å². The topological polar surface area (TPSA) is 21.3 Å². The number of anilines is 3. The number of rotatable bonds is 9. The van der Waals surface area contributed by atoms with E-state index >= 15 is 0 Å². The molecule has 0 saturated carbocycles. The van der Waals surface area contributed by atoms with Crippen LogP contribution in [0.2, 0.25) is 0 Å². The lowest BCUT2D eigenvalue weighted by Crippen LogP contribution is -2.10. The quantitative estimate of drug-likeness (QED) is 0.144. The predicted octanol–water partition coefficient (Wildman–Crippen LogP) is 18.5. The lowest BCUT2D eigenvalue weighted by Gasteiger charge is -2.27. The molecular formula is C66H44N2O. The molecule has 0 spiro atoms. The summed E-state index contributed by atoms with van der Waals surface area (Å²) in [6.45, 7) is 0. The van der Waals surface area contributed by atoms with Crippen LogP contribution in [0, 0.1) is 0 Å². The third-order valence-electron chi connectivity index (χ3n) is 13.6. The summed E-state index contributed by atoms with van der Waals surface area (Å²) in [5.74, 6) is 0. The van der Waals surface area contributed by atoms with E-state index in [-0.39, 0.29) is 0 Å². The van der Waals surface area contributed by atoms with Gasteiger partial charge in [-0.1, -0.05) is 206 Å². The molecule has 2 heterocycles. The molecule has 324 valence electrons. The Labute approximate surface area is 401 Å². The number of aromatic nitrogens is 1. The number of fused-ring (bicyclic) bond motifs is 6. The van der Waals surface area contributed by atoms with Crippen LogP contribution in [0.15, 0.2) is 271 Å². The van der Waals surface area contributed by atoms with Crippen molar-refractivity contribution in [2.24, 2.45) is 0 Å². The van der Waals surface area contributed by atoms with Crippen molar-refractivity contribution in [3.63, 3.8) is 0 Å². The first kappa shape index (κ1) is 40.1. The van der Waals surface area contributed by atoms with Gasteiger partial charge in [-0.15, -0.1) is 0 Å². The average Bonchev–Trinajstić information content (AvgIpc) is 3.98. The van der Waals surface area contributed by atoms with Crippen molar-refractivity contribution in [2.75, 3.05) is 4.90 Å². The summed E-state index contributed by atoms with van der Waals surface area (Å²) in [7, 11) is 0. The molecule has 0 aliphatic rings. The second-order valence-electron chi connectivity index (χ2n) is 17.6. The van der Waals surface area contributed by atoms with Gasteiger partial charge in [-0.25, -0.2) is 0 Å². The molecular weight excluding hydrogens is 837 g/mol. The molecule has 0 bridgehead atoms. The molecule has 3 nitrogen and oxygen atoms in total. The first-order valence-electron chi connectivity index (χ1n) is 23.6. The first-order valence-corrected chi connectivity index (χ1v) is 23.6. The van der Waals surface area contributed by atoms with Crippen LogP contribution in [0.5, 0.6) is 0 Å². The second kappa shape index (κ2) is 16.9. The highest BCUT2D eigenvalue weighted by Gasteiger charge is 2.20. The molecule has 0 radical (unpaired) electrons. The van der Waals surface area contributed by atoms with Gasteiger partial charge in [0.2, 0.25) is 0 Å². The Morgan fingerprint density at radius 2 is 0.725 bits per heavy atom. The maximum absolute atomic E-state index is 6.50. The van der Waals surface area contributed by atoms with E-state index in [2.05, 4.69) is 264 Å². The summed E-state index contributed by atoms with van der Waals surface area (Å²) >= 11 is 0. The summed E-state index contributed by atoms with van der Waals surface area (Å²) in [6, 6.07) is 96.1. The first-order chi connectivity index (χ1) is 34.2. The molecule has 0 fully saturated rings. The van der Waals surface area contributed by atoms with Crippen LogP contribution in [0.4, 0.5) is 17.1 Å². The molecule has 3 heteroatoms. The molecule has 0 unspecified atom stereocenters. The molecule has 0 amide bonds. The van der Waals surface area contributed by atoms with Crippen molar-refractivity contribution >= 4 is 60.8 Å². The van der Waals surface area contributed by atoms with E-state index in [0.717, 1.165) is 72.5 Å². The number of benzene rings is 11. The van der Waals surface area contributed by atoms with Crippen LogP contribution < -0.4 is 4.90 Å². The minimum atomic E-state index is 0.896. The zero-order valence-corrected chi connectivity index (χ0v) is 37.7. The van der Waals surface area contributed by atoms with Gasteiger partial charge in [0.1, 0.15) is 11.2 Å². The van der Waals surface area contributed by atoms with Crippen LogP contribution in [0.1, 0.15) is 0 Å². The fraction of sp³-hybridized carbons (Fsp3) is 0. The molecule has 0 aliphatic carbocycles. The second-order valence-corrected chi connectivity index (χ2v) is 17.6. The van der Waals surface area contributed by atoms with Crippen LogP contribution in [-0.2, 0) is 0 Å². The normalized spacial score (nSPS) is 11.5. The van der Waals surface area contributed by atoms with Crippen LogP contribution in [-0.4, -0.2) is 4.57 Å². The summed E-state index contributed by atoms with van der Waals surface area (Å²) in [4.78, 5) is 2.39. The third kappa shape index (κ3) is 6.99. The van der Waals surface area contributed by atoms with E-state index in [9.17, 15) is 0 Å². The van der Waals surface area contributed by atoms with Gasteiger partial charge >= 0.3 is 0 Å². The zero-order valence-electron chi connectivity index (χ0n) is 37.7. The highest BCUT2D eigenvalue weighted by molar-refractivity contribution is 6.11. The molecule has 0 saturated heterocycles. The fourth-order valence-corrected chi connectivity index (χ4v) is 10.5. The van der Waals surface area contributed by atoms with Crippen LogP contribution >= 0.6 is 0 Å². The van der Waals surface area contributed by atoms with E-state index in [1.54, 1.807) is 0 Å². The molecule has 2 aromatic heterocycles. The maximum Gasteiger partial charge on any atom is 0.143 e. The Balaban J connectivity index is 0.957. The van der Waals surface area contributed by atoms with Gasteiger partial charge in [0.25, 0.3) is 0 Å². The van der Waals surface area contributed by atoms with Crippen molar-refractivity contribution in [3.05, 3.63) is 267 Å². The van der Waals surface area contributed by atoms with Crippen molar-refractivity contribution < 1.29 is 4.42 Å². The number of furan rings is 1. The predicted molar refractivity (Wildman–Crippen MR) is 290 cm³/mol. The molecule has 69 heavy (non-hydrogen) atoms. The number of hydrogen-bond donors (Lipinski definition) is 0. The third-order valence-corrected chi connectivity index (χ3v) is 13.6. The monoisotopic (exact) mass is 880 g/mol. The molecule has 0 N–H and O–H groups in total. The Hall–Kier alpha value is -9.18. The average molecular weight is 881 g/mol. The van der Waals surface area contributed by atoms with Gasteiger partial charge < -0.3 is 13.9 Å². The SMILES string of the molecule is c1ccc(-c2ccccc2-c2cccc(N(c3ccc(-c4cccc5c4oc4ccccc45)cc3)c3cccc(-c4ccccc4-c4ccccc4-n4c5ccccc5c5ccccc54)c3)c2)cc1. The van der Waals surface area contributed by atoms with E-state index in [1.165, 1.54) is 49.6 Å². The Morgan fingerprint density at radius 3 is 1.39 bits per heavy atom. The van der Waals surface area contributed by atoms with Crippen LogP contribution in [0.3, 0.4) is 0 Å². The number of nitrogens with zero attached hydrogens (tertiary/aromatic N) is 2. The highest BCUT2D eigenvalue weighted by Crippen LogP contribution is 2.44. The fourth-order valence-electron chi connectivity index (χ4n) is 10.5. The van der Waals surface area contributed by atoms with Gasteiger partial charge in [0, 0.05) is 49.7 Å². The summed E-state index contributed by atoms with van der Waals surface area (Å²) in [5, 5.41) is 4.74. The zero-order chi connectivity index (χ0) is 45.7. The minimum Gasteiger partial charge on any atom is -0.455 e. The van der Waals surface area contributed by atoms with Gasteiger partial charge in [-0.05, 0) is 105 Å². The highest BCUT2D eigenvalue weighted by atomic mass is 16.3. The van der Waals surface area contributed by atoms with E-state index in [1.807, 2.05) is 12.1 Å². The van der Waals surface area contributed by atoms with Gasteiger partial charge in [-0.2, -0.15) is 0 Å². The van der Waals surface area contributed by atoms with Gasteiger partial charge in [0.05, 0.1) is 16.7 Å². The Kier molecular flexibility index (Phi) is 9.84. The molecule has 11 aromatic carbocycles. The molecule has 0 aliphatic heterocycles.